The Hall–Kier alpha value is -2.90. The monoisotopic (exact) mass is 591 g/mol. The summed E-state index contributed by atoms with van der Waals surface area (Å²) in [5, 5.41) is 0.735. The van der Waals surface area contributed by atoms with Gasteiger partial charge in [0.25, 0.3) is 0 Å². The number of carbonyl (C=O) groups is 1. The van der Waals surface area contributed by atoms with Crippen molar-refractivity contribution >= 4 is 27.4 Å². The number of carbonyl (C=O) groups excluding carboxylic acids is 1. The number of esters is 1. The minimum Gasteiger partial charge on any atom is -0.487 e. The molecule has 2 heterocycles. The number of nitrogens with zero attached hydrogens (tertiary/aromatic N) is 1. The summed E-state index contributed by atoms with van der Waals surface area (Å²) >= 11 is 1.28. The number of thiophene rings is 1. The van der Waals surface area contributed by atoms with Crippen LogP contribution in [0.2, 0.25) is 0 Å². The molecule has 1 atom stereocenters. The van der Waals surface area contributed by atoms with Crippen LogP contribution in [-0.2, 0) is 9.53 Å². The quantitative estimate of drug-likeness (QED) is 0.190. The average molecular weight is 592 g/mol. The molecule has 0 bridgehead atoms. The van der Waals surface area contributed by atoms with Gasteiger partial charge in [0.2, 0.25) is 0 Å². The van der Waals surface area contributed by atoms with Gasteiger partial charge in [-0.15, -0.1) is 11.3 Å². The summed E-state index contributed by atoms with van der Waals surface area (Å²) in [5.41, 5.74) is 10.2. The van der Waals surface area contributed by atoms with E-state index in [1.165, 1.54) is 43.4 Å². The number of nitrogens with two attached hydrogens (primary N) is 2. The summed E-state index contributed by atoms with van der Waals surface area (Å²) in [5.74, 6) is -18.2. The van der Waals surface area contributed by atoms with E-state index in [4.69, 9.17) is 16.2 Å². The van der Waals surface area contributed by atoms with Gasteiger partial charge in [0.1, 0.15) is 5.75 Å². The molecule has 0 aliphatic rings. The first kappa shape index (κ1) is 31.6. The van der Waals surface area contributed by atoms with Gasteiger partial charge in [-0.3, -0.25) is 9.78 Å². The van der Waals surface area contributed by atoms with Gasteiger partial charge in [-0.1, -0.05) is 6.07 Å². The van der Waals surface area contributed by atoms with Crippen molar-refractivity contribution in [3.8, 4) is 16.2 Å². The molecule has 0 fully saturated rings. The number of aromatic nitrogens is 1. The van der Waals surface area contributed by atoms with E-state index in [9.17, 15) is 31.1 Å². The van der Waals surface area contributed by atoms with Crippen molar-refractivity contribution in [1.82, 2.24) is 4.98 Å². The van der Waals surface area contributed by atoms with Gasteiger partial charge in [0, 0.05) is 39.1 Å². The molecule has 0 aliphatic carbocycles. The number of rotatable bonds is 12. The number of fused-ring (bicyclic) bond motifs is 1. The van der Waals surface area contributed by atoms with E-state index in [0.717, 1.165) is 15.8 Å². The van der Waals surface area contributed by atoms with Crippen LogP contribution in [0, 0.1) is 5.41 Å². The normalized spacial score (nSPS) is 14.3. The van der Waals surface area contributed by atoms with Crippen LogP contribution in [0.15, 0.2) is 48.8 Å². The number of pyridine rings is 1. The second-order valence-electron chi connectivity index (χ2n) is 10.9. The van der Waals surface area contributed by atoms with Gasteiger partial charge in [-0.05, 0) is 69.8 Å². The van der Waals surface area contributed by atoms with Gasteiger partial charge < -0.3 is 20.9 Å². The zero-order chi connectivity index (χ0) is 30.1. The molecule has 220 valence electrons. The Kier molecular flexibility index (Phi) is 8.83. The minimum absolute atomic E-state index is 0.0686. The summed E-state index contributed by atoms with van der Waals surface area (Å²) in [6.45, 7) is 1.42. The molecule has 40 heavy (non-hydrogen) atoms. The fourth-order valence-corrected chi connectivity index (χ4v) is 4.77. The molecule has 1 aromatic carbocycles. The summed E-state index contributed by atoms with van der Waals surface area (Å²) in [6.07, 6.45) is 3.31. The van der Waals surface area contributed by atoms with Crippen molar-refractivity contribution in [3.05, 3.63) is 48.8 Å². The Bertz CT molecular complexity index is 1330. The third kappa shape index (κ3) is 6.87. The summed E-state index contributed by atoms with van der Waals surface area (Å²) in [7, 11) is 0. The second-order valence-corrected chi connectivity index (χ2v) is 12.0. The van der Waals surface area contributed by atoms with Crippen LogP contribution in [-0.4, -0.2) is 53.5 Å². The van der Waals surface area contributed by atoms with Crippen LogP contribution < -0.4 is 16.2 Å². The van der Waals surface area contributed by atoms with Crippen molar-refractivity contribution in [2.24, 2.45) is 16.9 Å². The summed E-state index contributed by atoms with van der Waals surface area (Å²) in [4.78, 5) is 17.2. The average Bonchev–Trinajstić information content (AvgIpc) is 3.29. The molecule has 13 heteroatoms. The molecule has 3 aromatic rings. The SMILES string of the molecule is CC(C)(N)CC(N)C(C)(C)C(=O)OCC(F)(F)C(F)(F)C(F)(F)COc1ccc2cc(-c3cccnc3)sc2c1. The van der Waals surface area contributed by atoms with Crippen LogP contribution in [0.5, 0.6) is 5.75 Å². The van der Waals surface area contributed by atoms with Gasteiger partial charge in [-0.2, -0.15) is 26.3 Å². The lowest BCUT2D eigenvalue weighted by Gasteiger charge is -2.35. The predicted octanol–water partition coefficient (Wildman–Crippen LogP) is 6.27. The highest BCUT2D eigenvalue weighted by atomic mass is 32.1. The van der Waals surface area contributed by atoms with Crippen LogP contribution in [0.3, 0.4) is 0 Å². The lowest BCUT2D eigenvalue weighted by Crippen LogP contribution is -2.59. The van der Waals surface area contributed by atoms with Crippen molar-refractivity contribution in [2.75, 3.05) is 13.2 Å². The molecule has 6 nitrogen and oxygen atoms in total. The van der Waals surface area contributed by atoms with Crippen molar-refractivity contribution in [3.63, 3.8) is 0 Å². The maximum absolute atomic E-state index is 14.5. The third-order valence-electron chi connectivity index (χ3n) is 6.36. The molecule has 0 aliphatic heterocycles. The summed E-state index contributed by atoms with van der Waals surface area (Å²) < 4.78 is 96.4. The van der Waals surface area contributed by atoms with Gasteiger partial charge in [-0.25, -0.2) is 0 Å². The minimum atomic E-state index is -5.91. The molecule has 0 saturated carbocycles. The first-order chi connectivity index (χ1) is 18.3. The molecule has 2 aromatic heterocycles. The van der Waals surface area contributed by atoms with Crippen LogP contribution in [0.25, 0.3) is 20.5 Å². The Morgan fingerprint density at radius 2 is 1.65 bits per heavy atom. The zero-order valence-electron chi connectivity index (χ0n) is 22.3. The molecule has 4 N–H and O–H groups in total. The summed E-state index contributed by atoms with van der Waals surface area (Å²) in [6, 6.07) is 8.56. The highest BCUT2D eigenvalue weighted by Gasteiger charge is 2.72. The van der Waals surface area contributed by atoms with E-state index in [1.54, 1.807) is 32.3 Å². The van der Waals surface area contributed by atoms with Gasteiger partial charge in [0.05, 0.1) is 5.41 Å². The van der Waals surface area contributed by atoms with Gasteiger partial charge in [0.15, 0.2) is 13.2 Å². The van der Waals surface area contributed by atoms with E-state index < -0.39 is 53.9 Å². The third-order valence-corrected chi connectivity index (χ3v) is 7.51. The van der Waals surface area contributed by atoms with E-state index >= 15 is 0 Å². The number of benzene rings is 1. The van der Waals surface area contributed by atoms with Crippen LogP contribution in [0.1, 0.15) is 34.1 Å². The number of ether oxygens (including phenoxy) is 2. The van der Waals surface area contributed by atoms with Gasteiger partial charge >= 0.3 is 23.7 Å². The number of halogens is 6. The smallest absolute Gasteiger partial charge is 0.378 e. The molecule has 0 amide bonds. The lowest BCUT2D eigenvalue weighted by molar-refractivity contribution is -0.322. The number of hydrogen-bond acceptors (Lipinski definition) is 7. The molecular formula is C27H31F6N3O3S. The Morgan fingerprint density at radius 3 is 2.25 bits per heavy atom. The Balaban J connectivity index is 1.67. The largest absolute Gasteiger partial charge is 0.487 e. The van der Waals surface area contributed by atoms with Crippen molar-refractivity contribution < 1.29 is 40.6 Å². The highest BCUT2D eigenvalue weighted by Crippen LogP contribution is 2.46. The fourth-order valence-electron chi connectivity index (χ4n) is 3.69. The van der Waals surface area contributed by atoms with E-state index in [2.05, 4.69) is 9.72 Å². The highest BCUT2D eigenvalue weighted by molar-refractivity contribution is 7.22. The lowest BCUT2D eigenvalue weighted by atomic mass is 9.79. The topological polar surface area (TPSA) is 100 Å². The number of alkyl halides is 6. The predicted molar refractivity (Wildman–Crippen MR) is 141 cm³/mol. The maximum Gasteiger partial charge on any atom is 0.378 e. The van der Waals surface area contributed by atoms with E-state index in [0.29, 0.717) is 4.70 Å². The molecule has 1 unspecified atom stereocenters. The standard InChI is InChI=1S/C27H31F6N3O3S/c1-23(2,35)12-21(34)24(3,4)22(37)39-15-26(30,31)27(32,33)25(28,29)14-38-18-8-7-16-10-19(40-20(16)11-18)17-6-5-9-36-13-17/h5-11,13,21H,12,14-15,34-35H2,1-4H3. The van der Waals surface area contributed by atoms with Crippen molar-refractivity contribution in [2.45, 2.75) is 63.5 Å². The van der Waals surface area contributed by atoms with Crippen molar-refractivity contribution in [1.29, 1.82) is 0 Å². The first-order valence-corrected chi connectivity index (χ1v) is 13.0. The van der Waals surface area contributed by atoms with E-state index in [-0.39, 0.29) is 12.2 Å². The maximum atomic E-state index is 14.5. The Morgan fingerprint density at radius 1 is 1.00 bits per heavy atom. The van der Waals surface area contributed by atoms with E-state index in [1.807, 2.05) is 12.1 Å². The zero-order valence-corrected chi connectivity index (χ0v) is 23.1. The molecule has 0 saturated heterocycles. The second kappa shape index (κ2) is 11.2. The molecule has 3 rings (SSSR count). The number of hydrogen-bond donors (Lipinski definition) is 2. The fraction of sp³-hybridized carbons (Fsp3) is 0.481. The first-order valence-electron chi connectivity index (χ1n) is 12.2. The Labute approximate surface area is 231 Å². The molecule has 0 spiro atoms. The van der Waals surface area contributed by atoms with Crippen LogP contribution >= 0.6 is 11.3 Å². The van der Waals surface area contributed by atoms with Crippen LogP contribution in [0.4, 0.5) is 26.3 Å². The molecule has 0 radical (unpaired) electrons. The molecular weight excluding hydrogens is 560 g/mol.